The van der Waals surface area contributed by atoms with Gasteiger partial charge in [0.15, 0.2) is 35.5 Å². The highest BCUT2D eigenvalue weighted by Gasteiger charge is 2.32. The summed E-state index contributed by atoms with van der Waals surface area (Å²) in [6.45, 7) is 2.77. The van der Waals surface area contributed by atoms with E-state index >= 15 is 0 Å². The molecular weight excluding hydrogens is 835 g/mol. The summed E-state index contributed by atoms with van der Waals surface area (Å²) in [7, 11) is 6.75. The molecule has 6 aromatic heterocycles. The first-order valence-corrected chi connectivity index (χ1v) is 19.8. The summed E-state index contributed by atoms with van der Waals surface area (Å²) in [5.74, 6) is -2.30. The molecule has 23 heteroatoms. The van der Waals surface area contributed by atoms with Crippen LogP contribution in [0.5, 0.6) is 0 Å². The fourth-order valence-corrected chi connectivity index (χ4v) is 6.92. The molecule has 6 N–H and O–H groups in total. The lowest BCUT2D eigenvalue weighted by molar-refractivity contribution is -0.141. The van der Waals surface area contributed by atoms with E-state index in [0.717, 1.165) is 0 Å². The highest BCUT2D eigenvalue weighted by Crippen LogP contribution is 2.34. The number of esters is 2. The van der Waals surface area contributed by atoms with Crippen molar-refractivity contribution in [2.24, 2.45) is 28.2 Å². The molecule has 7 rings (SSSR count). The van der Waals surface area contributed by atoms with Crippen LogP contribution in [0, 0.1) is 0 Å². The molecule has 0 bridgehead atoms. The Morgan fingerprint density at radius 2 is 1.36 bits per heavy atom. The number of nitrogens with one attached hydrogen (secondary N) is 6. The van der Waals surface area contributed by atoms with Crippen LogP contribution >= 0.6 is 0 Å². The van der Waals surface area contributed by atoms with E-state index in [-0.39, 0.29) is 71.2 Å². The van der Waals surface area contributed by atoms with Crippen LogP contribution in [0.2, 0.25) is 0 Å². The minimum Gasteiger partial charge on any atom is -0.467 e. The van der Waals surface area contributed by atoms with E-state index in [9.17, 15) is 33.6 Å². The lowest BCUT2D eigenvalue weighted by atomic mass is 10.3. The van der Waals surface area contributed by atoms with E-state index in [0.29, 0.717) is 35.7 Å². The number of nitrogens with zero attached hydrogens (tertiary/aromatic N) is 7. The van der Waals surface area contributed by atoms with Gasteiger partial charge in [0.05, 0.1) is 23.5 Å². The van der Waals surface area contributed by atoms with Crippen molar-refractivity contribution in [1.29, 1.82) is 0 Å². The number of ether oxygens (including phenoxy) is 3. The lowest BCUT2D eigenvalue weighted by Crippen LogP contribution is -2.27. The normalized spacial score (nSPS) is 13.4. The number of aromatic nitrogens is 8. The number of H-pyrrole nitrogens is 1. The third kappa shape index (κ3) is 9.72. The Kier molecular flexibility index (Phi) is 12.5. The van der Waals surface area contributed by atoms with Crippen molar-refractivity contribution >= 4 is 69.7 Å². The fraction of sp³-hybridized carbons (Fsp3) is 0.293. The molecule has 64 heavy (non-hydrogen) atoms. The molecule has 0 radical (unpaired) electrons. The van der Waals surface area contributed by atoms with Gasteiger partial charge in [-0.2, -0.15) is 4.98 Å². The van der Waals surface area contributed by atoms with Gasteiger partial charge in [-0.15, -0.1) is 0 Å². The van der Waals surface area contributed by atoms with E-state index in [1.807, 2.05) is 0 Å². The minimum absolute atomic E-state index is 0.0472. The van der Waals surface area contributed by atoms with Gasteiger partial charge in [0.1, 0.15) is 29.1 Å². The molecule has 334 valence electrons. The first-order chi connectivity index (χ1) is 30.5. The highest BCUT2D eigenvalue weighted by atomic mass is 16.6. The fourth-order valence-electron chi connectivity index (χ4n) is 6.92. The van der Waals surface area contributed by atoms with Crippen LogP contribution in [0.3, 0.4) is 0 Å². The molecule has 0 saturated carbocycles. The molecule has 1 aliphatic rings. The van der Waals surface area contributed by atoms with E-state index < -0.39 is 41.4 Å². The van der Waals surface area contributed by atoms with Gasteiger partial charge in [-0.25, -0.2) is 4.98 Å². The summed E-state index contributed by atoms with van der Waals surface area (Å²) >= 11 is 0. The largest absolute Gasteiger partial charge is 0.467 e. The van der Waals surface area contributed by atoms with E-state index in [2.05, 4.69) is 41.5 Å². The van der Waals surface area contributed by atoms with Gasteiger partial charge in [-0.3, -0.25) is 43.1 Å². The van der Waals surface area contributed by atoms with Gasteiger partial charge in [0.2, 0.25) is 5.95 Å². The Labute approximate surface area is 363 Å². The monoisotopic (exact) mass is 879 g/mol. The number of rotatable bonds is 16. The van der Waals surface area contributed by atoms with Crippen LogP contribution in [0.15, 0.2) is 77.8 Å². The number of anilines is 4. The standard InChI is InChI=1S/C41H45N13O10/c1-22(55)62-20-32-31(63-23(2)56)16-33(64-32)54-21-44-34-35(54)48-41(49-40(34)61)43-11-8-10-42-36(57)28-13-24(17-51(28)4)46-38(59)30-15-26(19-53(30)6)47-39(60)29-14-25(18-52(29)5)45-37(58)27-9-7-12-50(27)3/h7,9,12-15,17-19,21,33H,8,10-11,16,20H2,1-6H3,(H,42,57)(H,45,58)(H,46,59)(H,47,60)(H2,43,48,49,61)/t33-/m1/s1. The molecule has 0 aliphatic carbocycles. The third-order valence-electron chi connectivity index (χ3n) is 9.96. The average molecular weight is 880 g/mol. The van der Waals surface area contributed by atoms with Gasteiger partial charge < -0.3 is 59.1 Å². The molecule has 7 heterocycles. The molecule has 0 fully saturated rings. The summed E-state index contributed by atoms with van der Waals surface area (Å²) in [4.78, 5) is 99.5. The molecule has 0 unspecified atom stereocenters. The number of hydrogen-bond donors (Lipinski definition) is 6. The predicted molar refractivity (Wildman–Crippen MR) is 229 cm³/mol. The molecule has 0 saturated heterocycles. The number of aryl methyl sites for hydroxylation is 4. The van der Waals surface area contributed by atoms with Gasteiger partial charge >= 0.3 is 11.9 Å². The van der Waals surface area contributed by atoms with Crippen molar-refractivity contribution in [3.05, 3.63) is 106 Å². The summed E-state index contributed by atoms with van der Waals surface area (Å²) in [6.07, 6.45) is 7.66. The Bertz CT molecular complexity index is 2910. The maximum Gasteiger partial charge on any atom is 0.307 e. The van der Waals surface area contributed by atoms with Crippen LogP contribution in [-0.4, -0.2) is 93.1 Å². The van der Waals surface area contributed by atoms with Crippen molar-refractivity contribution in [3.63, 3.8) is 0 Å². The zero-order valence-corrected chi connectivity index (χ0v) is 35.6. The zero-order valence-electron chi connectivity index (χ0n) is 35.6. The molecule has 1 atom stereocenters. The lowest BCUT2D eigenvalue weighted by Gasteiger charge is -2.14. The number of carbonyl (C=O) groups excluding carboxylic acids is 6. The quantitative estimate of drug-likeness (QED) is 0.0604. The molecule has 6 aromatic rings. The van der Waals surface area contributed by atoms with Crippen molar-refractivity contribution in [2.75, 3.05) is 41.0 Å². The third-order valence-corrected chi connectivity index (χ3v) is 9.96. The van der Waals surface area contributed by atoms with Gasteiger partial charge in [0, 0.05) is 79.9 Å². The first kappa shape index (κ1) is 43.7. The zero-order chi connectivity index (χ0) is 45.8. The maximum atomic E-state index is 13.3. The Balaban J connectivity index is 0.893. The van der Waals surface area contributed by atoms with Crippen molar-refractivity contribution in [2.45, 2.75) is 32.9 Å². The van der Waals surface area contributed by atoms with Crippen molar-refractivity contribution < 1.29 is 43.0 Å². The van der Waals surface area contributed by atoms with Crippen LogP contribution < -0.4 is 32.1 Å². The van der Waals surface area contributed by atoms with Crippen LogP contribution in [-0.2, 0) is 52.0 Å². The Morgan fingerprint density at radius 1 is 0.781 bits per heavy atom. The van der Waals surface area contributed by atoms with E-state index in [1.165, 1.54) is 36.9 Å². The summed E-state index contributed by atoms with van der Waals surface area (Å²) in [5.41, 5.74) is 2.16. The number of imidazole rings is 1. The minimum atomic E-state index is -0.793. The number of carbonyl (C=O) groups is 6. The predicted octanol–water partition coefficient (Wildman–Crippen LogP) is 2.72. The van der Waals surface area contributed by atoms with Crippen LogP contribution in [0.1, 0.15) is 74.9 Å². The summed E-state index contributed by atoms with van der Waals surface area (Å²) in [5, 5.41) is 14.3. The molecule has 0 aromatic carbocycles. The SMILES string of the molecule is CC(=O)OCC1=C(OC(C)=O)C[C@H](n2cnc3c(=O)[nH]c(NCCCNC(=O)c4cc(NC(=O)c5cc(NC(=O)c6cc(NC(=O)c7cccn7C)cn6C)cn5C)cn4C)nc32)O1. The number of hydrogen-bond acceptors (Lipinski definition) is 13. The van der Waals surface area contributed by atoms with Crippen LogP contribution in [0.25, 0.3) is 11.2 Å². The highest BCUT2D eigenvalue weighted by molar-refractivity contribution is 6.08. The maximum absolute atomic E-state index is 13.3. The van der Waals surface area contributed by atoms with E-state index in [1.54, 1.807) is 89.4 Å². The van der Waals surface area contributed by atoms with Crippen LogP contribution in [0.4, 0.5) is 23.0 Å². The second kappa shape index (κ2) is 18.3. The Morgan fingerprint density at radius 3 is 1.91 bits per heavy atom. The smallest absolute Gasteiger partial charge is 0.307 e. The number of aromatic amines is 1. The number of fused-ring (bicyclic) bond motifs is 1. The van der Waals surface area contributed by atoms with Crippen molar-refractivity contribution in [3.8, 4) is 0 Å². The number of amides is 4. The molecular formula is C41H45N13O10. The molecule has 4 amide bonds. The second-order valence-electron chi connectivity index (χ2n) is 14.8. The van der Waals surface area contributed by atoms with Gasteiger partial charge in [-0.05, 0) is 36.8 Å². The topological polar surface area (TPSA) is 274 Å². The summed E-state index contributed by atoms with van der Waals surface area (Å²) < 4.78 is 24.1. The van der Waals surface area contributed by atoms with Crippen molar-refractivity contribution in [1.82, 2.24) is 43.1 Å². The summed E-state index contributed by atoms with van der Waals surface area (Å²) in [6, 6.07) is 8.05. The first-order valence-electron chi connectivity index (χ1n) is 19.8. The molecule has 1 aliphatic heterocycles. The second-order valence-corrected chi connectivity index (χ2v) is 14.8. The Hall–Kier alpha value is -8.37. The van der Waals surface area contributed by atoms with E-state index in [4.69, 9.17) is 14.2 Å². The molecule has 0 spiro atoms. The average Bonchev–Trinajstić information content (AvgIpc) is 4.09. The van der Waals surface area contributed by atoms with Gasteiger partial charge in [0.25, 0.3) is 29.2 Å². The van der Waals surface area contributed by atoms with Gasteiger partial charge in [-0.1, -0.05) is 0 Å². The molecule has 23 nitrogen and oxygen atoms in total.